The number of rotatable bonds is 40. The topological polar surface area (TPSA) is 132 Å². The van der Waals surface area contributed by atoms with Crippen molar-refractivity contribution in [2.24, 2.45) is 29.6 Å². The average molecular weight is 2080 g/mol. The van der Waals surface area contributed by atoms with E-state index in [-0.39, 0.29) is 83.0 Å². The van der Waals surface area contributed by atoms with Crippen LogP contribution < -0.4 is 23.7 Å². The number of ether oxygens (including phenoxy) is 5. The van der Waals surface area contributed by atoms with Crippen molar-refractivity contribution in [2.45, 2.75) is 378 Å². The Labute approximate surface area is 891 Å². The van der Waals surface area contributed by atoms with Crippen LogP contribution in [-0.4, -0.2) is 29.8 Å². The van der Waals surface area contributed by atoms with Crippen molar-refractivity contribution in [3.63, 3.8) is 0 Å². The fraction of sp³-hybridized carbons (Fsp3) is 0.480. The first-order valence-electron chi connectivity index (χ1n) is 53.7. The van der Waals surface area contributed by atoms with Gasteiger partial charge in [0.1, 0.15) is 28.7 Å². The van der Waals surface area contributed by atoms with Gasteiger partial charge in [-0.15, -0.1) is 0 Å². The molecule has 10 aromatic rings. The summed E-state index contributed by atoms with van der Waals surface area (Å²) in [6.45, 7) is 11.3. The largest absolute Gasteiger partial charge is 0.426 e. The second-order valence-corrected chi connectivity index (χ2v) is 42.3. The highest BCUT2D eigenvalue weighted by molar-refractivity contribution is 7.81. The van der Waals surface area contributed by atoms with Crippen LogP contribution in [0.5, 0.6) is 28.7 Å². The summed E-state index contributed by atoms with van der Waals surface area (Å²) in [4.78, 5) is 66.0. The normalized spacial score (nSPS) is 18.7. The van der Waals surface area contributed by atoms with Crippen molar-refractivity contribution in [2.75, 3.05) is 0 Å². The molecule has 0 spiro atoms. The molecule has 5 saturated carbocycles. The molecule has 145 heavy (non-hydrogen) atoms. The third kappa shape index (κ3) is 44.3. The Morgan fingerprint density at radius 3 is 0.441 bits per heavy atom. The van der Waals surface area contributed by atoms with Crippen molar-refractivity contribution in [1.29, 1.82) is 0 Å². The van der Waals surface area contributed by atoms with Crippen molar-refractivity contribution in [1.82, 2.24) is 0 Å². The van der Waals surface area contributed by atoms with Gasteiger partial charge in [-0.2, -0.15) is 0 Å². The quantitative estimate of drug-likeness (QED) is 0.0158. The lowest BCUT2D eigenvalue weighted by molar-refractivity contribution is -0.141. The van der Waals surface area contributed by atoms with Gasteiger partial charge in [0, 0.05) is 24.5 Å². The minimum absolute atomic E-state index is 0. The van der Waals surface area contributed by atoms with E-state index >= 15 is 0 Å². The van der Waals surface area contributed by atoms with Gasteiger partial charge >= 0.3 is 29.8 Å². The van der Waals surface area contributed by atoms with Crippen LogP contribution in [0.1, 0.15) is 377 Å². The van der Waals surface area contributed by atoms with E-state index in [1.165, 1.54) is 216 Å². The SMILES string of the molecule is CCCCCCc1ccc(C2CCC(C(=O)Oc3ccc([S])cc3)CC2)cc1.CCCCCCc1ccc(C2CCC(C(=O)Oc3ccc([S])cc3)CC2)cc1.CCCCCCc1ccc(C2CCC(C(=O)Oc3ccc([S])cc3)CC2)cc1.CCCCCCc1ccc(C2CCC(C(=O)Oc3ccc([S])cc3)CC2)cc1.CCCCCCc1ccc(C2CCC(C(=O)Oc3ccc([S])cc3)CC2)cc1.F.F.F.F.F. The molecule has 0 heterocycles. The zero-order valence-electron chi connectivity index (χ0n) is 86.4. The third-order valence-corrected chi connectivity index (χ3v) is 30.7. The van der Waals surface area contributed by atoms with E-state index < -0.39 is 0 Å². The van der Waals surface area contributed by atoms with Crippen LogP contribution in [0.25, 0.3) is 0 Å². The number of halogens is 5. The van der Waals surface area contributed by atoms with Crippen LogP contribution in [0.15, 0.2) is 267 Å². The first-order chi connectivity index (χ1) is 68.3. The molecule has 5 fully saturated rings. The van der Waals surface area contributed by atoms with Crippen molar-refractivity contribution in [3.05, 3.63) is 298 Å². The molecule has 20 heteroatoms. The summed E-state index contributed by atoms with van der Waals surface area (Å²) >= 11 is 25.3. The van der Waals surface area contributed by atoms with E-state index in [0.29, 0.717) is 58.3 Å². The van der Waals surface area contributed by atoms with E-state index in [1.54, 1.807) is 121 Å². The second-order valence-electron chi connectivity index (χ2n) is 40.0. The summed E-state index contributed by atoms with van der Waals surface area (Å²) in [6.07, 6.45) is 51.7. The molecule has 5 aliphatic carbocycles. The highest BCUT2D eigenvalue weighted by Crippen LogP contribution is 2.43. The predicted octanol–water partition coefficient (Wildman–Crippen LogP) is 37.0. The standard InChI is InChI=1S/5C25H31O2S.5FH/c5*1-2-3-4-5-6-19-7-9-20(10-8-19)21-11-13-22(14-12-21)25(26)27-23-15-17-24(28)18-16-23;;;;;/h5*7-10,15-18,21-22H,2-6,11-14H2,1H3;5*1H. The molecule has 0 aliphatic heterocycles. The van der Waals surface area contributed by atoms with E-state index in [1.807, 2.05) is 0 Å². The van der Waals surface area contributed by atoms with Crippen LogP contribution in [0, 0.1) is 29.6 Å². The summed E-state index contributed by atoms with van der Waals surface area (Å²) in [7, 11) is 0. The molecule has 0 unspecified atom stereocenters. The maximum atomic E-state index is 12.4. The summed E-state index contributed by atoms with van der Waals surface area (Å²) in [5.74, 6) is 5.36. The van der Waals surface area contributed by atoms with Gasteiger partial charge in [0.25, 0.3) is 0 Å². The predicted molar refractivity (Wildman–Crippen MR) is 597 cm³/mol. The Bertz CT molecular complexity index is 4430. The maximum absolute atomic E-state index is 12.4. The zero-order chi connectivity index (χ0) is 98.8. The molecular formula is C125H160F5O10S5. The minimum atomic E-state index is -0.0991. The molecule has 15 rings (SSSR count). The monoisotopic (exact) mass is 2080 g/mol. The molecule has 0 aromatic heterocycles. The molecule has 5 aliphatic rings. The van der Waals surface area contributed by atoms with Gasteiger partial charge in [0.15, 0.2) is 0 Å². The molecule has 0 amide bonds. The van der Waals surface area contributed by atoms with E-state index in [0.717, 1.165) is 153 Å². The van der Waals surface area contributed by atoms with Crippen molar-refractivity contribution in [3.8, 4) is 28.7 Å². The van der Waals surface area contributed by atoms with Gasteiger partial charge in [-0.25, -0.2) is 0 Å². The summed E-state index contributed by atoms with van der Waals surface area (Å²) in [5.41, 5.74) is 14.3. The molecule has 10 nitrogen and oxygen atoms in total. The fourth-order valence-corrected chi connectivity index (χ4v) is 21.1. The molecule has 10 aromatic carbocycles. The number of unbranched alkanes of at least 4 members (excludes halogenated alkanes) is 15. The van der Waals surface area contributed by atoms with Gasteiger partial charge in [0.2, 0.25) is 0 Å². The molecule has 0 bridgehead atoms. The number of hydrogen-bond acceptors (Lipinski definition) is 10. The number of benzene rings is 10. The summed E-state index contributed by atoms with van der Waals surface area (Å²) < 4.78 is 27.7. The number of hydrogen-bond donors (Lipinski definition) is 0. The average Bonchev–Trinajstić information content (AvgIpc) is 0.852. The first kappa shape index (κ1) is 124. The van der Waals surface area contributed by atoms with Crippen LogP contribution in [0.4, 0.5) is 23.5 Å². The molecule has 0 atom stereocenters. The fourth-order valence-electron chi connectivity index (χ4n) is 20.4. The van der Waals surface area contributed by atoms with Gasteiger partial charge < -0.3 is 23.7 Å². The summed E-state index contributed by atoms with van der Waals surface area (Å²) in [6, 6.07) is 81.6. The van der Waals surface area contributed by atoms with Crippen LogP contribution in [0.3, 0.4) is 0 Å². The van der Waals surface area contributed by atoms with E-state index in [2.05, 4.69) is 156 Å². The van der Waals surface area contributed by atoms with Gasteiger partial charge in [-0.05, 0) is 399 Å². The molecule has 0 N–H and O–H groups in total. The Morgan fingerprint density at radius 2 is 0.317 bits per heavy atom. The van der Waals surface area contributed by atoms with E-state index in [4.69, 9.17) is 86.8 Å². The smallest absolute Gasteiger partial charge is 0.314 e. The van der Waals surface area contributed by atoms with Crippen molar-refractivity contribution < 1.29 is 71.2 Å². The van der Waals surface area contributed by atoms with Crippen molar-refractivity contribution >= 4 is 93.0 Å². The first-order valence-corrected chi connectivity index (χ1v) is 55.7. The third-order valence-electron chi connectivity index (χ3n) is 29.4. The Hall–Kier alpha value is -9.70. The number of carbonyl (C=O) groups is 5. The lowest BCUT2D eigenvalue weighted by Gasteiger charge is -2.27. The molecule has 785 valence electrons. The zero-order valence-corrected chi connectivity index (χ0v) is 90.4. The highest BCUT2D eigenvalue weighted by atomic mass is 32.1. The lowest BCUT2D eigenvalue weighted by Crippen LogP contribution is -2.25. The lowest BCUT2D eigenvalue weighted by atomic mass is 9.78. The molecular weight excluding hydrogens is 1920 g/mol. The molecule has 0 saturated heterocycles. The van der Waals surface area contributed by atoms with Gasteiger partial charge in [0.05, 0.1) is 29.6 Å². The van der Waals surface area contributed by atoms with Crippen LogP contribution in [0.2, 0.25) is 0 Å². The molecule has 5 radical (unpaired) electrons. The van der Waals surface area contributed by atoms with Gasteiger partial charge in [-0.3, -0.25) is 47.5 Å². The Balaban J connectivity index is 0.000000275. The maximum Gasteiger partial charge on any atom is 0.314 e. The minimum Gasteiger partial charge on any atom is -0.426 e. The Kier molecular flexibility index (Phi) is 59.4. The highest BCUT2D eigenvalue weighted by Gasteiger charge is 2.34. The Morgan fingerprint density at radius 1 is 0.186 bits per heavy atom. The van der Waals surface area contributed by atoms with E-state index in [9.17, 15) is 24.0 Å². The van der Waals surface area contributed by atoms with Crippen LogP contribution >= 0.6 is 63.1 Å². The summed E-state index contributed by atoms with van der Waals surface area (Å²) in [5, 5.41) is 0. The number of carbonyl (C=O) groups excluding carboxylic acids is 5. The van der Waals surface area contributed by atoms with Crippen LogP contribution in [-0.2, 0) is 56.1 Å². The number of esters is 5. The number of aryl methyl sites for hydroxylation is 5. The second kappa shape index (κ2) is 69.5. The van der Waals surface area contributed by atoms with Gasteiger partial charge in [-0.1, -0.05) is 315 Å².